The van der Waals surface area contributed by atoms with Gasteiger partial charge in [-0.3, -0.25) is 9.69 Å². The van der Waals surface area contributed by atoms with E-state index in [1.807, 2.05) is 0 Å². The summed E-state index contributed by atoms with van der Waals surface area (Å²) in [5.74, 6) is 1.63. The number of likely N-dealkylation sites (tertiary alicyclic amines) is 1. The standard InChI is InChI=1S/C18H35N3O/c1-5-7-19-8-6-9-20(11-10-19)17(4)18(22)21-13-15(2)12-16(3)14-21/h15-17H,5-14H2,1-4H3. The van der Waals surface area contributed by atoms with Crippen molar-refractivity contribution < 1.29 is 4.79 Å². The van der Waals surface area contributed by atoms with Gasteiger partial charge in [0.25, 0.3) is 0 Å². The Morgan fingerprint density at radius 3 is 2.41 bits per heavy atom. The van der Waals surface area contributed by atoms with Crippen LogP contribution in [-0.2, 0) is 4.79 Å². The van der Waals surface area contributed by atoms with Gasteiger partial charge in [0.1, 0.15) is 0 Å². The first kappa shape index (κ1) is 17.7. The van der Waals surface area contributed by atoms with Crippen molar-refractivity contribution in [2.45, 2.75) is 53.0 Å². The van der Waals surface area contributed by atoms with Crippen LogP contribution in [0.25, 0.3) is 0 Å². The van der Waals surface area contributed by atoms with Crippen LogP contribution in [0.2, 0.25) is 0 Å². The molecule has 0 aromatic rings. The molecule has 0 spiro atoms. The Morgan fingerprint density at radius 1 is 1.09 bits per heavy atom. The van der Waals surface area contributed by atoms with E-state index < -0.39 is 0 Å². The quantitative estimate of drug-likeness (QED) is 0.797. The van der Waals surface area contributed by atoms with Crippen LogP contribution in [-0.4, -0.2) is 72.5 Å². The number of hydrogen-bond donors (Lipinski definition) is 0. The van der Waals surface area contributed by atoms with Gasteiger partial charge in [-0.05, 0) is 51.1 Å². The molecule has 2 aliphatic rings. The molecular formula is C18H35N3O. The highest BCUT2D eigenvalue weighted by atomic mass is 16.2. The topological polar surface area (TPSA) is 26.8 Å². The van der Waals surface area contributed by atoms with Crippen LogP contribution in [0.5, 0.6) is 0 Å². The molecule has 2 rings (SSSR count). The second kappa shape index (κ2) is 8.30. The van der Waals surface area contributed by atoms with Crippen molar-refractivity contribution in [2.75, 3.05) is 45.8 Å². The Bertz CT molecular complexity index is 350. The van der Waals surface area contributed by atoms with Gasteiger partial charge in [-0.25, -0.2) is 0 Å². The molecule has 128 valence electrons. The lowest BCUT2D eigenvalue weighted by molar-refractivity contribution is -0.139. The van der Waals surface area contributed by atoms with Gasteiger partial charge in [0.05, 0.1) is 6.04 Å². The molecule has 3 atom stereocenters. The second-order valence-corrected chi connectivity index (χ2v) is 7.60. The number of amides is 1. The first-order valence-electron chi connectivity index (χ1n) is 9.26. The summed E-state index contributed by atoms with van der Waals surface area (Å²) in [5.41, 5.74) is 0. The van der Waals surface area contributed by atoms with E-state index in [-0.39, 0.29) is 6.04 Å². The second-order valence-electron chi connectivity index (χ2n) is 7.60. The largest absolute Gasteiger partial charge is 0.341 e. The van der Waals surface area contributed by atoms with Crippen molar-refractivity contribution in [3.63, 3.8) is 0 Å². The van der Waals surface area contributed by atoms with Gasteiger partial charge in [-0.1, -0.05) is 20.8 Å². The molecule has 0 saturated carbocycles. The third kappa shape index (κ3) is 4.69. The average molecular weight is 309 g/mol. The van der Waals surface area contributed by atoms with Crippen LogP contribution in [0, 0.1) is 11.8 Å². The van der Waals surface area contributed by atoms with E-state index in [2.05, 4.69) is 42.4 Å². The number of carbonyl (C=O) groups is 1. The Labute approximate surface area is 136 Å². The third-order valence-electron chi connectivity index (χ3n) is 5.25. The van der Waals surface area contributed by atoms with Gasteiger partial charge in [0.2, 0.25) is 5.91 Å². The fourth-order valence-electron chi connectivity index (χ4n) is 4.18. The van der Waals surface area contributed by atoms with E-state index >= 15 is 0 Å². The highest BCUT2D eigenvalue weighted by molar-refractivity contribution is 5.81. The van der Waals surface area contributed by atoms with Crippen molar-refractivity contribution in [3.05, 3.63) is 0 Å². The maximum absolute atomic E-state index is 12.9. The van der Waals surface area contributed by atoms with Crippen LogP contribution in [0.15, 0.2) is 0 Å². The van der Waals surface area contributed by atoms with Crippen molar-refractivity contribution in [2.24, 2.45) is 11.8 Å². The molecule has 0 aromatic carbocycles. The minimum atomic E-state index is 0.0408. The van der Waals surface area contributed by atoms with E-state index in [9.17, 15) is 4.79 Å². The van der Waals surface area contributed by atoms with Crippen molar-refractivity contribution in [3.8, 4) is 0 Å². The van der Waals surface area contributed by atoms with Crippen LogP contribution in [0.3, 0.4) is 0 Å². The molecule has 0 bridgehead atoms. The molecule has 2 heterocycles. The molecule has 0 N–H and O–H groups in total. The molecule has 3 unspecified atom stereocenters. The SMILES string of the molecule is CCCN1CCCN(C(C)C(=O)N2CC(C)CC(C)C2)CC1. The van der Waals surface area contributed by atoms with Gasteiger partial charge in [-0.15, -0.1) is 0 Å². The molecule has 4 heteroatoms. The Kier molecular flexibility index (Phi) is 6.69. The summed E-state index contributed by atoms with van der Waals surface area (Å²) >= 11 is 0. The van der Waals surface area contributed by atoms with Crippen LogP contribution in [0.1, 0.15) is 47.0 Å². The molecule has 2 fully saturated rings. The van der Waals surface area contributed by atoms with Gasteiger partial charge in [0, 0.05) is 32.7 Å². The monoisotopic (exact) mass is 309 g/mol. The highest BCUT2D eigenvalue weighted by Crippen LogP contribution is 2.22. The lowest BCUT2D eigenvalue weighted by atomic mass is 9.91. The first-order chi connectivity index (χ1) is 10.5. The molecule has 1 amide bonds. The number of carbonyl (C=O) groups excluding carboxylic acids is 1. The zero-order valence-electron chi connectivity index (χ0n) is 15.1. The Hall–Kier alpha value is -0.610. The number of piperidine rings is 1. The maximum atomic E-state index is 12.9. The average Bonchev–Trinajstić information content (AvgIpc) is 2.71. The molecule has 0 radical (unpaired) electrons. The lowest BCUT2D eigenvalue weighted by Crippen LogP contribution is -2.52. The third-order valence-corrected chi connectivity index (χ3v) is 5.25. The minimum Gasteiger partial charge on any atom is -0.341 e. The van der Waals surface area contributed by atoms with Crippen LogP contribution < -0.4 is 0 Å². The molecule has 0 aromatic heterocycles. The summed E-state index contributed by atoms with van der Waals surface area (Å²) in [5, 5.41) is 0. The summed E-state index contributed by atoms with van der Waals surface area (Å²) in [6, 6.07) is 0.0408. The molecule has 2 saturated heterocycles. The van der Waals surface area contributed by atoms with E-state index in [1.165, 1.54) is 32.4 Å². The van der Waals surface area contributed by atoms with E-state index in [0.717, 1.165) is 32.7 Å². The molecule has 2 aliphatic heterocycles. The smallest absolute Gasteiger partial charge is 0.239 e. The van der Waals surface area contributed by atoms with Crippen LogP contribution in [0.4, 0.5) is 0 Å². The lowest BCUT2D eigenvalue weighted by Gasteiger charge is -2.38. The Morgan fingerprint density at radius 2 is 1.77 bits per heavy atom. The Balaban J connectivity index is 1.89. The predicted molar refractivity (Wildman–Crippen MR) is 91.9 cm³/mol. The van der Waals surface area contributed by atoms with Crippen molar-refractivity contribution >= 4 is 5.91 Å². The molecule has 0 aliphatic carbocycles. The number of rotatable bonds is 4. The van der Waals surface area contributed by atoms with Crippen molar-refractivity contribution in [1.29, 1.82) is 0 Å². The van der Waals surface area contributed by atoms with Gasteiger partial charge < -0.3 is 9.80 Å². The summed E-state index contributed by atoms with van der Waals surface area (Å²) < 4.78 is 0. The van der Waals surface area contributed by atoms with E-state index in [0.29, 0.717) is 17.7 Å². The molecular weight excluding hydrogens is 274 g/mol. The summed E-state index contributed by atoms with van der Waals surface area (Å²) in [6.45, 7) is 16.4. The zero-order valence-corrected chi connectivity index (χ0v) is 15.1. The van der Waals surface area contributed by atoms with Crippen LogP contribution >= 0.6 is 0 Å². The minimum absolute atomic E-state index is 0.0408. The molecule has 4 nitrogen and oxygen atoms in total. The van der Waals surface area contributed by atoms with Gasteiger partial charge >= 0.3 is 0 Å². The fourth-order valence-corrected chi connectivity index (χ4v) is 4.18. The zero-order chi connectivity index (χ0) is 16.1. The number of nitrogens with zero attached hydrogens (tertiary/aromatic N) is 3. The summed E-state index contributed by atoms with van der Waals surface area (Å²) in [6.07, 6.45) is 3.66. The first-order valence-corrected chi connectivity index (χ1v) is 9.26. The normalized spacial score (nSPS) is 30.1. The number of hydrogen-bond acceptors (Lipinski definition) is 3. The van der Waals surface area contributed by atoms with E-state index in [1.54, 1.807) is 0 Å². The fraction of sp³-hybridized carbons (Fsp3) is 0.944. The van der Waals surface area contributed by atoms with Crippen molar-refractivity contribution in [1.82, 2.24) is 14.7 Å². The summed E-state index contributed by atoms with van der Waals surface area (Å²) in [7, 11) is 0. The van der Waals surface area contributed by atoms with E-state index in [4.69, 9.17) is 0 Å². The van der Waals surface area contributed by atoms with Gasteiger partial charge in [-0.2, -0.15) is 0 Å². The summed E-state index contributed by atoms with van der Waals surface area (Å²) in [4.78, 5) is 20.0. The predicted octanol–water partition coefficient (Wildman–Crippen LogP) is 2.30. The molecule has 22 heavy (non-hydrogen) atoms. The van der Waals surface area contributed by atoms with Gasteiger partial charge in [0.15, 0.2) is 0 Å². The maximum Gasteiger partial charge on any atom is 0.239 e. The highest BCUT2D eigenvalue weighted by Gasteiger charge is 2.31.